The maximum atomic E-state index is 5.90. The van der Waals surface area contributed by atoms with Gasteiger partial charge in [0, 0.05) is 11.6 Å². The summed E-state index contributed by atoms with van der Waals surface area (Å²) in [6.07, 6.45) is 5.06. The molecule has 1 aliphatic rings. The zero-order chi connectivity index (χ0) is 16.9. The normalized spacial score (nSPS) is 16.9. The van der Waals surface area contributed by atoms with Gasteiger partial charge in [0.15, 0.2) is 0 Å². The minimum absolute atomic E-state index is 0.500. The van der Waals surface area contributed by atoms with E-state index in [-0.39, 0.29) is 0 Å². The van der Waals surface area contributed by atoms with Gasteiger partial charge in [-0.05, 0) is 61.2 Å². The van der Waals surface area contributed by atoms with Gasteiger partial charge in [-0.2, -0.15) is 0 Å². The number of hydrogen-bond acceptors (Lipinski definition) is 3. The summed E-state index contributed by atoms with van der Waals surface area (Å²) in [6, 6.07) is 21.3. The van der Waals surface area contributed by atoms with Crippen LogP contribution in [0.1, 0.15) is 24.0 Å². The highest BCUT2D eigenvalue weighted by Gasteiger charge is 2.14. The first-order valence-corrected chi connectivity index (χ1v) is 8.95. The molecule has 25 heavy (non-hydrogen) atoms. The fourth-order valence-electron chi connectivity index (χ4n) is 3.37. The van der Waals surface area contributed by atoms with Crippen molar-refractivity contribution in [3.05, 3.63) is 78.1 Å². The number of rotatable bonds is 6. The Morgan fingerprint density at radius 3 is 2.64 bits per heavy atom. The van der Waals surface area contributed by atoms with E-state index in [1.54, 1.807) is 6.26 Å². The van der Waals surface area contributed by atoms with Crippen LogP contribution in [0.25, 0.3) is 11.3 Å². The Kier molecular flexibility index (Phi) is 4.84. The summed E-state index contributed by atoms with van der Waals surface area (Å²) < 4.78 is 11.5. The number of benzene rings is 2. The second-order valence-electron chi connectivity index (χ2n) is 6.56. The van der Waals surface area contributed by atoms with Crippen LogP contribution in [-0.4, -0.2) is 19.2 Å². The van der Waals surface area contributed by atoms with Crippen LogP contribution in [0.2, 0.25) is 0 Å². The second kappa shape index (κ2) is 7.58. The Bertz CT molecular complexity index is 787. The van der Waals surface area contributed by atoms with E-state index in [2.05, 4.69) is 53.8 Å². The molecule has 1 aromatic heterocycles. The molecular formula is C22H23NO2. The van der Waals surface area contributed by atoms with Crippen LogP contribution in [0.3, 0.4) is 0 Å². The van der Waals surface area contributed by atoms with Crippen LogP contribution in [0.5, 0.6) is 5.75 Å². The third-order valence-electron chi connectivity index (χ3n) is 4.74. The van der Waals surface area contributed by atoms with E-state index in [0.717, 1.165) is 36.6 Å². The lowest BCUT2D eigenvalue weighted by atomic mass is 9.98. The summed E-state index contributed by atoms with van der Waals surface area (Å²) >= 11 is 0. The molecule has 1 atom stereocenters. The summed E-state index contributed by atoms with van der Waals surface area (Å²) in [5.74, 6) is 1.86. The molecule has 0 saturated carbocycles. The topological polar surface area (TPSA) is 34.4 Å². The Balaban J connectivity index is 1.43. The van der Waals surface area contributed by atoms with Gasteiger partial charge in [-0.15, -0.1) is 0 Å². The van der Waals surface area contributed by atoms with Crippen molar-refractivity contribution in [3.8, 4) is 17.1 Å². The molecule has 128 valence electrons. The largest absolute Gasteiger partial charge is 0.492 e. The van der Waals surface area contributed by atoms with Crippen molar-refractivity contribution in [1.82, 2.24) is 5.32 Å². The van der Waals surface area contributed by atoms with E-state index in [1.807, 2.05) is 12.1 Å². The molecule has 1 fully saturated rings. The molecule has 1 aliphatic heterocycles. The third kappa shape index (κ3) is 3.94. The van der Waals surface area contributed by atoms with Gasteiger partial charge < -0.3 is 14.5 Å². The lowest BCUT2D eigenvalue weighted by Gasteiger charge is -2.13. The molecule has 3 aromatic rings. The Hall–Kier alpha value is -2.52. The van der Waals surface area contributed by atoms with Gasteiger partial charge in [0.05, 0.1) is 6.26 Å². The lowest BCUT2D eigenvalue weighted by molar-refractivity contribution is 0.277. The predicted molar refractivity (Wildman–Crippen MR) is 99.9 cm³/mol. The van der Waals surface area contributed by atoms with E-state index < -0.39 is 0 Å². The number of furan rings is 1. The van der Waals surface area contributed by atoms with Crippen molar-refractivity contribution in [2.24, 2.45) is 0 Å². The zero-order valence-corrected chi connectivity index (χ0v) is 14.3. The summed E-state index contributed by atoms with van der Waals surface area (Å²) in [5, 5.41) is 3.46. The third-order valence-corrected chi connectivity index (χ3v) is 4.74. The number of ether oxygens (including phenoxy) is 1. The highest BCUT2D eigenvalue weighted by molar-refractivity contribution is 5.62. The first-order chi connectivity index (χ1) is 12.4. The highest BCUT2D eigenvalue weighted by Crippen LogP contribution is 2.26. The smallest absolute Gasteiger partial charge is 0.134 e. The van der Waals surface area contributed by atoms with Crippen molar-refractivity contribution in [2.45, 2.75) is 25.3 Å². The van der Waals surface area contributed by atoms with Crippen molar-refractivity contribution in [1.29, 1.82) is 0 Å². The molecule has 0 aliphatic carbocycles. The minimum atomic E-state index is 0.500. The average Bonchev–Trinajstić information content (AvgIpc) is 3.36. The molecule has 2 heterocycles. The van der Waals surface area contributed by atoms with E-state index >= 15 is 0 Å². The first kappa shape index (κ1) is 16.0. The van der Waals surface area contributed by atoms with Crippen molar-refractivity contribution >= 4 is 0 Å². The van der Waals surface area contributed by atoms with Crippen LogP contribution >= 0.6 is 0 Å². The fraction of sp³-hybridized carbons (Fsp3) is 0.273. The molecule has 3 heteroatoms. The fourth-order valence-corrected chi connectivity index (χ4v) is 3.37. The molecule has 1 N–H and O–H groups in total. The summed E-state index contributed by atoms with van der Waals surface area (Å²) in [4.78, 5) is 0. The highest BCUT2D eigenvalue weighted by atomic mass is 16.5. The first-order valence-electron chi connectivity index (χ1n) is 8.95. The maximum absolute atomic E-state index is 5.90. The monoisotopic (exact) mass is 333 g/mol. The molecule has 0 spiro atoms. The Labute approximate surface area is 148 Å². The van der Waals surface area contributed by atoms with Gasteiger partial charge >= 0.3 is 0 Å². The maximum Gasteiger partial charge on any atom is 0.134 e. The molecule has 0 amide bonds. The quantitative estimate of drug-likeness (QED) is 0.712. The van der Waals surface area contributed by atoms with Gasteiger partial charge in [-0.3, -0.25) is 0 Å². The van der Waals surface area contributed by atoms with Gasteiger partial charge in [-0.1, -0.05) is 36.4 Å². The Morgan fingerprint density at radius 1 is 1.00 bits per heavy atom. The average molecular weight is 333 g/mol. The van der Waals surface area contributed by atoms with E-state index in [9.17, 15) is 0 Å². The second-order valence-corrected chi connectivity index (χ2v) is 6.56. The minimum Gasteiger partial charge on any atom is -0.492 e. The van der Waals surface area contributed by atoms with E-state index in [1.165, 1.54) is 24.0 Å². The van der Waals surface area contributed by atoms with Crippen molar-refractivity contribution in [3.63, 3.8) is 0 Å². The summed E-state index contributed by atoms with van der Waals surface area (Å²) in [6.45, 7) is 1.86. The van der Waals surface area contributed by atoms with Gasteiger partial charge in [-0.25, -0.2) is 0 Å². The zero-order valence-electron chi connectivity index (χ0n) is 14.3. The van der Waals surface area contributed by atoms with Gasteiger partial charge in [0.2, 0.25) is 0 Å². The van der Waals surface area contributed by atoms with Crippen LogP contribution in [-0.2, 0) is 6.42 Å². The van der Waals surface area contributed by atoms with Crippen LogP contribution in [0, 0.1) is 0 Å². The molecule has 0 radical (unpaired) electrons. The van der Waals surface area contributed by atoms with E-state index in [0.29, 0.717) is 6.04 Å². The lowest BCUT2D eigenvalue weighted by Crippen LogP contribution is -2.28. The van der Waals surface area contributed by atoms with E-state index in [4.69, 9.17) is 9.15 Å². The van der Waals surface area contributed by atoms with Gasteiger partial charge in [0.1, 0.15) is 18.1 Å². The molecule has 0 unspecified atom stereocenters. The van der Waals surface area contributed by atoms with Crippen LogP contribution < -0.4 is 10.1 Å². The summed E-state index contributed by atoms with van der Waals surface area (Å²) in [7, 11) is 0. The predicted octanol–water partition coefficient (Wildman–Crippen LogP) is 4.67. The standard InChI is InChI=1S/C22H23NO2/c1-2-7-21(22-8-4-14-24-22)18(5-1)15-17-9-11-20(12-10-17)25-16-19-6-3-13-23-19/h1-2,4-5,7-12,14,19,23H,3,6,13,15-16H2/t19-/m1/s1. The molecule has 1 saturated heterocycles. The molecule has 0 bridgehead atoms. The number of nitrogens with one attached hydrogen (secondary N) is 1. The molecule has 3 nitrogen and oxygen atoms in total. The van der Waals surface area contributed by atoms with Crippen LogP contribution in [0.4, 0.5) is 0 Å². The molecular weight excluding hydrogens is 310 g/mol. The summed E-state index contributed by atoms with van der Waals surface area (Å²) in [5.41, 5.74) is 3.69. The molecule has 4 rings (SSSR count). The van der Waals surface area contributed by atoms with Crippen molar-refractivity contribution in [2.75, 3.05) is 13.2 Å². The van der Waals surface area contributed by atoms with Crippen molar-refractivity contribution < 1.29 is 9.15 Å². The SMILES string of the molecule is c1coc(-c2ccccc2Cc2ccc(OC[C@H]3CCCN3)cc2)c1. The number of hydrogen-bond donors (Lipinski definition) is 1. The van der Waals surface area contributed by atoms with Gasteiger partial charge in [0.25, 0.3) is 0 Å². The molecule has 2 aromatic carbocycles. The van der Waals surface area contributed by atoms with Crippen LogP contribution in [0.15, 0.2) is 71.3 Å². The Morgan fingerprint density at radius 2 is 1.88 bits per heavy atom.